The molecule has 0 bridgehead atoms. The fourth-order valence-corrected chi connectivity index (χ4v) is 6.40. The van der Waals surface area contributed by atoms with Crippen molar-refractivity contribution in [3.8, 4) is 39.6 Å². The van der Waals surface area contributed by atoms with E-state index in [1.54, 1.807) is 0 Å². The molecule has 3 heterocycles. The molecule has 44 heavy (non-hydrogen) atoms. The predicted molar refractivity (Wildman–Crippen MR) is 180 cm³/mol. The Balaban J connectivity index is 1.38. The molecule has 9 rings (SSSR count). The molecule has 0 saturated heterocycles. The van der Waals surface area contributed by atoms with Crippen LogP contribution in [0.15, 0.2) is 156 Å². The Bertz CT molecular complexity index is 2490. The first-order valence-electron chi connectivity index (χ1n) is 14.8. The number of fused-ring (bicyclic) bond motifs is 7. The van der Waals surface area contributed by atoms with E-state index in [9.17, 15) is 0 Å². The zero-order valence-corrected chi connectivity index (χ0v) is 23.7. The lowest BCUT2D eigenvalue weighted by atomic mass is 10.0. The Kier molecular flexibility index (Phi) is 5.47. The van der Waals surface area contributed by atoms with Gasteiger partial charge < -0.3 is 4.42 Å². The van der Waals surface area contributed by atoms with Gasteiger partial charge in [-0.1, -0.05) is 115 Å². The Morgan fingerprint density at radius 2 is 1.07 bits per heavy atom. The van der Waals surface area contributed by atoms with Crippen LogP contribution in [0.4, 0.5) is 0 Å². The van der Waals surface area contributed by atoms with Gasteiger partial charge >= 0.3 is 0 Å². The number of hydrogen-bond acceptors (Lipinski definition) is 3. The minimum Gasteiger partial charge on any atom is -0.456 e. The molecule has 0 aliphatic rings. The van der Waals surface area contributed by atoms with Crippen molar-refractivity contribution in [2.24, 2.45) is 0 Å². The van der Waals surface area contributed by atoms with E-state index < -0.39 is 0 Å². The molecule has 9 aromatic rings. The molecule has 0 saturated carbocycles. The lowest BCUT2D eigenvalue weighted by Crippen LogP contribution is -2.04. The third-order valence-electron chi connectivity index (χ3n) is 8.42. The predicted octanol–water partition coefficient (Wildman–Crippen LogP) is 10.5. The monoisotopic (exact) mass is 563 g/mol. The molecule has 0 N–H and O–H groups in total. The molecular formula is C40H25N3O. The fourth-order valence-electron chi connectivity index (χ4n) is 6.40. The van der Waals surface area contributed by atoms with Gasteiger partial charge in [-0.3, -0.25) is 4.57 Å². The first-order chi connectivity index (χ1) is 21.8. The highest BCUT2D eigenvalue weighted by molar-refractivity contribution is 6.24. The van der Waals surface area contributed by atoms with Gasteiger partial charge in [0.05, 0.1) is 27.8 Å². The molecule has 6 aromatic carbocycles. The highest BCUT2D eigenvalue weighted by Gasteiger charge is 2.21. The third-order valence-corrected chi connectivity index (χ3v) is 8.42. The normalized spacial score (nSPS) is 11.6. The quantitative estimate of drug-likeness (QED) is 0.214. The second kappa shape index (κ2) is 9.79. The van der Waals surface area contributed by atoms with Crippen LogP contribution in [0.3, 0.4) is 0 Å². The van der Waals surface area contributed by atoms with Gasteiger partial charge in [-0.15, -0.1) is 0 Å². The zero-order valence-electron chi connectivity index (χ0n) is 23.7. The SMILES string of the molecule is c1ccc(-c2cccc(-c3cc(-c4ccccc4)nc(-n4c5ccccc5c5ccc6oc7ccccc7c6c54)n3)c2)cc1. The molecule has 0 amide bonds. The van der Waals surface area contributed by atoms with Crippen molar-refractivity contribution in [2.45, 2.75) is 0 Å². The smallest absolute Gasteiger partial charge is 0.235 e. The van der Waals surface area contributed by atoms with Crippen LogP contribution < -0.4 is 0 Å². The van der Waals surface area contributed by atoms with Gasteiger partial charge in [-0.2, -0.15) is 0 Å². The fraction of sp³-hybridized carbons (Fsp3) is 0. The zero-order chi connectivity index (χ0) is 29.0. The van der Waals surface area contributed by atoms with Crippen molar-refractivity contribution in [1.29, 1.82) is 0 Å². The van der Waals surface area contributed by atoms with E-state index in [4.69, 9.17) is 14.4 Å². The van der Waals surface area contributed by atoms with Crippen LogP contribution in [0, 0.1) is 0 Å². The van der Waals surface area contributed by atoms with Gasteiger partial charge in [0.25, 0.3) is 0 Å². The van der Waals surface area contributed by atoms with Crippen LogP contribution >= 0.6 is 0 Å². The molecule has 0 fully saturated rings. The maximum Gasteiger partial charge on any atom is 0.235 e. The lowest BCUT2D eigenvalue weighted by Gasteiger charge is -2.13. The maximum atomic E-state index is 6.33. The molecule has 4 heteroatoms. The summed E-state index contributed by atoms with van der Waals surface area (Å²) in [6.45, 7) is 0. The number of aromatic nitrogens is 3. The molecular weight excluding hydrogens is 538 g/mol. The Morgan fingerprint density at radius 3 is 1.89 bits per heavy atom. The van der Waals surface area contributed by atoms with E-state index in [0.717, 1.165) is 71.8 Å². The Morgan fingerprint density at radius 1 is 0.432 bits per heavy atom. The minimum absolute atomic E-state index is 0.621. The van der Waals surface area contributed by atoms with Crippen LogP contribution in [0.2, 0.25) is 0 Å². The van der Waals surface area contributed by atoms with Crippen molar-refractivity contribution in [2.75, 3.05) is 0 Å². The molecule has 0 spiro atoms. The largest absolute Gasteiger partial charge is 0.456 e. The van der Waals surface area contributed by atoms with Gasteiger partial charge in [-0.25, -0.2) is 9.97 Å². The Hall–Kier alpha value is -6.00. The standard InChI is InChI=1S/C40H25N3O/c1-3-12-26(13-4-1)28-16-11-17-29(24-28)34-25-33(27-14-5-2-6-15-27)41-40(42-34)43-35-20-9-7-18-30(35)31-22-23-37-38(39(31)43)32-19-8-10-21-36(32)44-37/h1-25H. The molecule has 4 nitrogen and oxygen atoms in total. The summed E-state index contributed by atoms with van der Waals surface area (Å²) in [4.78, 5) is 10.5. The van der Waals surface area contributed by atoms with Crippen molar-refractivity contribution in [3.63, 3.8) is 0 Å². The number of benzene rings is 6. The first kappa shape index (κ1) is 24.6. The lowest BCUT2D eigenvalue weighted by molar-refractivity contribution is 0.669. The van der Waals surface area contributed by atoms with E-state index in [-0.39, 0.29) is 0 Å². The van der Waals surface area contributed by atoms with Crippen LogP contribution in [-0.4, -0.2) is 14.5 Å². The molecule has 0 unspecified atom stereocenters. The van der Waals surface area contributed by atoms with E-state index >= 15 is 0 Å². The maximum absolute atomic E-state index is 6.33. The van der Waals surface area contributed by atoms with Crippen LogP contribution in [-0.2, 0) is 0 Å². The van der Waals surface area contributed by atoms with E-state index in [0.29, 0.717) is 5.95 Å². The van der Waals surface area contributed by atoms with Crippen molar-refractivity contribution >= 4 is 43.7 Å². The second-order valence-corrected chi connectivity index (χ2v) is 11.0. The van der Waals surface area contributed by atoms with Crippen LogP contribution in [0.1, 0.15) is 0 Å². The summed E-state index contributed by atoms with van der Waals surface area (Å²) in [5, 5.41) is 4.43. The van der Waals surface area contributed by atoms with Gasteiger partial charge in [0.15, 0.2) is 0 Å². The molecule has 206 valence electrons. The van der Waals surface area contributed by atoms with E-state index in [2.05, 4.69) is 132 Å². The Labute approximate surface area is 253 Å². The number of hydrogen-bond donors (Lipinski definition) is 0. The van der Waals surface area contributed by atoms with Crippen molar-refractivity contribution in [1.82, 2.24) is 14.5 Å². The number of rotatable bonds is 4. The second-order valence-electron chi connectivity index (χ2n) is 11.0. The summed E-state index contributed by atoms with van der Waals surface area (Å²) < 4.78 is 8.55. The van der Waals surface area contributed by atoms with Crippen molar-refractivity contribution < 1.29 is 4.42 Å². The highest BCUT2D eigenvalue weighted by Crippen LogP contribution is 2.41. The van der Waals surface area contributed by atoms with Crippen LogP contribution in [0.5, 0.6) is 0 Å². The summed E-state index contributed by atoms with van der Waals surface area (Å²) in [6, 6.07) is 52.4. The molecule has 0 atom stereocenters. The van der Waals surface area contributed by atoms with Gasteiger partial charge in [0.1, 0.15) is 11.2 Å². The van der Waals surface area contributed by atoms with Gasteiger partial charge in [0.2, 0.25) is 5.95 Å². The molecule has 0 aliphatic carbocycles. The van der Waals surface area contributed by atoms with Gasteiger partial charge in [0, 0.05) is 27.3 Å². The summed E-state index contributed by atoms with van der Waals surface area (Å²) >= 11 is 0. The summed E-state index contributed by atoms with van der Waals surface area (Å²) in [7, 11) is 0. The molecule has 0 radical (unpaired) electrons. The average Bonchev–Trinajstić information content (AvgIpc) is 3.65. The summed E-state index contributed by atoms with van der Waals surface area (Å²) in [6.07, 6.45) is 0. The number of nitrogens with zero attached hydrogens (tertiary/aromatic N) is 3. The van der Waals surface area contributed by atoms with Gasteiger partial charge in [-0.05, 0) is 47.5 Å². The minimum atomic E-state index is 0.621. The highest BCUT2D eigenvalue weighted by atomic mass is 16.3. The third kappa shape index (κ3) is 3.85. The van der Waals surface area contributed by atoms with E-state index in [1.807, 2.05) is 24.3 Å². The first-order valence-corrected chi connectivity index (χ1v) is 14.8. The molecule has 3 aromatic heterocycles. The summed E-state index contributed by atoms with van der Waals surface area (Å²) in [5.41, 5.74) is 9.92. The summed E-state index contributed by atoms with van der Waals surface area (Å²) in [5.74, 6) is 0.621. The van der Waals surface area contributed by atoms with Crippen molar-refractivity contribution in [3.05, 3.63) is 152 Å². The number of para-hydroxylation sites is 2. The number of furan rings is 1. The van der Waals surface area contributed by atoms with E-state index in [1.165, 1.54) is 5.56 Å². The average molecular weight is 564 g/mol. The van der Waals surface area contributed by atoms with Crippen LogP contribution in [0.25, 0.3) is 83.3 Å². The topological polar surface area (TPSA) is 43.9 Å². The molecule has 0 aliphatic heterocycles.